The van der Waals surface area contributed by atoms with Gasteiger partial charge in [-0.3, -0.25) is 0 Å². The van der Waals surface area contributed by atoms with E-state index in [1.165, 1.54) is 23.1 Å². The first-order valence-electron chi connectivity index (χ1n) is 8.80. The molecule has 0 bridgehead atoms. The highest BCUT2D eigenvalue weighted by molar-refractivity contribution is 7.98. The number of rotatable bonds is 7. The van der Waals surface area contributed by atoms with Gasteiger partial charge in [-0.05, 0) is 35.9 Å². The summed E-state index contributed by atoms with van der Waals surface area (Å²) in [7, 11) is 0. The summed E-state index contributed by atoms with van der Waals surface area (Å²) in [5.41, 5.74) is 2.59. The first-order valence-corrected chi connectivity index (χ1v) is 11.8. The number of thiazole rings is 1. The highest BCUT2D eigenvalue weighted by Crippen LogP contribution is 2.28. The molecule has 2 heterocycles. The number of aromatic nitrogens is 3. The maximum atomic E-state index is 6.22. The summed E-state index contributed by atoms with van der Waals surface area (Å²) in [6, 6.07) is 14.7. The van der Waals surface area contributed by atoms with Crippen LogP contribution in [0.2, 0.25) is 15.1 Å². The van der Waals surface area contributed by atoms with Crippen molar-refractivity contribution in [2.75, 3.05) is 0 Å². The Hall–Kier alpha value is -1.83. The van der Waals surface area contributed by atoms with Crippen LogP contribution in [0.25, 0.3) is 11.4 Å². The molecule has 4 nitrogen and oxygen atoms in total. The standard InChI is InChI=1S/C21H14Cl3N3OS2/c22-14-7-15(23)9-16(8-14)28-10-20-26-19(12-29-20)18-5-6-25-21(27-18)30-11-13-3-1-2-4-17(13)24/h1-9,12H,10-11H2. The Kier molecular flexibility index (Phi) is 7.12. The summed E-state index contributed by atoms with van der Waals surface area (Å²) in [4.78, 5) is 13.6. The molecule has 0 saturated heterocycles. The van der Waals surface area contributed by atoms with E-state index in [2.05, 4.69) is 15.0 Å². The molecule has 4 aromatic rings. The van der Waals surface area contributed by atoms with Crippen LogP contribution < -0.4 is 4.74 Å². The Balaban J connectivity index is 1.41. The molecule has 0 spiro atoms. The third-order valence-electron chi connectivity index (χ3n) is 3.96. The molecule has 0 amide bonds. The molecule has 0 aliphatic heterocycles. The fourth-order valence-electron chi connectivity index (χ4n) is 2.56. The number of halogens is 3. The minimum Gasteiger partial charge on any atom is -0.486 e. The largest absolute Gasteiger partial charge is 0.486 e. The van der Waals surface area contributed by atoms with Crippen LogP contribution in [0.1, 0.15) is 10.6 Å². The van der Waals surface area contributed by atoms with E-state index in [9.17, 15) is 0 Å². The molecule has 2 aromatic carbocycles. The number of thioether (sulfide) groups is 1. The van der Waals surface area contributed by atoms with E-state index in [1.54, 1.807) is 24.4 Å². The van der Waals surface area contributed by atoms with Gasteiger partial charge in [0.15, 0.2) is 5.16 Å². The number of nitrogens with zero attached hydrogens (tertiary/aromatic N) is 3. The molecule has 9 heteroatoms. The quantitative estimate of drug-likeness (QED) is 0.197. The molecular formula is C21H14Cl3N3OS2. The van der Waals surface area contributed by atoms with Gasteiger partial charge in [0, 0.05) is 32.4 Å². The van der Waals surface area contributed by atoms with Crippen molar-refractivity contribution in [3.05, 3.63) is 85.7 Å². The van der Waals surface area contributed by atoms with Crippen molar-refractivity contribution in [1.29, 1.82) is 0 Å². The van der Waals surface area contributed by atoms with E-state index in [1.807, 2.05) is 35.7 Å². The summed E-state index contributed by atoms with van der Waals surface area (Å²) >= 11 is 21.3. The fourth-order valence-corrected chi connectivity index (χ4v) is 4.88. The Bertz CT molecular complexity index is 1150. The minimum atomic E-state index is 0.320. The normalized spacial score (nSPS) is 10.9. The molecule has 0 N–H and O–H groups in total. The lowest BCUT2D eigenvalue weighted by Crippen LogP contribution is -1.96. The van der Waals surface area contributed by atoms with Gasteiger partial charge in [0.05, 0.1) is 5.69 Å². The molecule has 0 saturated carbocycles. The first-order chi connectivity index (χ1) is 14.6. The summed E-state index contributed by atoms with van der Waals surface area (Å²) in [5, 5.41) is 5.25. The van der Waals surface area contributed by atoms with Gasteiger partial charge in [-0.25, -0.2) is 15.0 Å². The molecule has 2 aromatic heterocycles. The molecule has 0 radical (unpaired) electrons. The topological polar surface area (TPSA) is 47.9 Å². The van der Waals surface area contributed by atoms with Crippen LogP contribution in [0.4, 0.5) is 0 Å². The highest BCUT2D eigenvalue weighted by Gasteiger charge is 2.10. The van der Waals surface area contributed by atoms with E-state index in [4.69, 9.17) is 39.5 Å². The Labute approximate surface area is 197 Å². The van der Waals surface area contributed by atoms with Crippen molar-refractivity contribution >= 4 is 57.9 Å². The first kappa shape index (κ1) is 21.4. The number of benzene rings is 2. The van der Waals surface area contributed by atoms with E-state index >= 15 is 0 Å². The Morgan fingerprint density at radius 1 is 0.933 bits per heavy atom. The smallest absolute Gasteiger partial charge is 0.188 e. The Morgan fingerprint density at radius 3 is 2.53 bits per heavy atom. The molecule has 0 aliphatic carbocycles. The average Bonchev–Trinajstić information content (AvgIpc) is 3.20. The van der Waals surface area contributed by atoms with Gasteiger partial charge in [0.25, 0.3) is 0 Å². The van der Waals surface area contributed by atoms with Crippen LogP contribution in [-0.4, -0.2) is 15.0 Å². The zero-order valence-electron chi connectivity index (χ0n) is 15.4. The molecule has 152 valence electrons. The van der Waals surface area contributed by atoms with Gasteiger partial charge < -0.3 is 4.74 Å². The van der Waals surface area contributed by atoms with Crippen molar-refractivity contribution in [1.82, 2.24) is 15.0 Å². The zero-order chi connectivity index (χ0) is 20.9. The maximum Gasteiger partial charge on any atom is 0.188 e. The van der Waals surface area contributed by atoms with Gasteiger partial charge in [0.1, 0.15) is 23.1 Å². The lowest BCUT2D eigenvalue weighted by atomic mass is 10.2. The lowest BCUT2D eigenvalue weighted by Gasteiger charge is -2.05. The van der Waals surface area contributed by atoms with Crippen LogP contribution in [0.3, 0.4) is 0 Å². The van der Waals surface area contributed by atoms with Crippen LogP contribution in [0.5, 0.6) is 5.75 Å². The van der Waals surface area contributed by atoms with Gasteiger partial charge in [-0.1, -0.05) is 64.8 Å². The average molecular weight is 495 g/mol. The number of hydrogen-bond donors (Lipinski definition) is 0. The Morgan fingerprint density at radius 2 is 1.73 bits per heavy atom. The predicted molar refractivity (Wildman–Crippen MR) is 125 cm³/mol. The van der Waals surface area contributed by atoms with Gasteiger partial charge in [-0.15, -0.1) is 11.3 Å². The van der Waals surface area contributed by atoms with Crippen LogP contribution >= 0.6 is 57.9 Å². The summed E-state index contributed by atoms with van der Waals surface area (Å²) in [5.74, 6) is 1.30. The van der Waals surface area contributed by atoms with Crippen molar-refractivity contribution in [3.63, 3.8) is 0 Å². The van der Waals surface area contributed by atoms with Crippen molar-refractivity contribution in [2.24, 2.45) is 0 Å². The monoisotopic (exact) mass is 493 g/mol. The van der Waals surface area contributed by atoms with E-state index in [0.717, 1.165) is 27.0 Å². The van der Waals surface area contributed by atoms with Crippen molar-refractivity contribution in [3.8, 4) is 17.1 Å². The summed E-state index contributed by atoms with van der Waals surface area (Å²) in [6.07, 6.45) is 1.74. The van der Waals surface area contributed by atoms with E-state index in [-0.39, 0.29) is 0 Å². The van der Waals surface area contributed by atoms with Crippen LogP contribution in [-0.2, 0) is 12.4 Å². The molecule has 4 rings (SSSR count). The molecule has 0 unspecified atom stereocenters. The van der Waals surface area contributed by atoms with Gasteiger partial charge in [0.2, 0.25) is 0 Å². The van der Waals surface area contributed by atoms with Crippen LogP contribution in [0, 0.1) is 0 Å². The number of hydrogen-bond acceptors (Lipinski definition) is 6. The fraction of sp³-hybridized carbons (Fsp3) is 0.0952. The summed E-state index contributed by atoms with van der Waals surface area (Å²) in [6.45, 7) is 0.320. The third-order valence-corrected chi connectivity index (χ3v) is 6.50. The molecule has 30 heavy (non-hydrogen) atoms. The second-order valence-electron chi connectivity index (χ2n) is 6.12. The zero-order valence-corrected chi connectivity index (χ0v) is 19.3. The predicted octanol–water partition coefficient (Wildman–Crippen LogP) is 7.43. The molecular weight excluding hydrogens is 481 g/mol. The SMILES string of the molecule is Clc1cc(Cl)cc(OCc2nc(-c3ccnc(SCc4ccccc4Cl)n3)cs2)c1. The highest BCUT2D eigenvalue weighted by atomic mass is 35.5. The number of ether oxygens (including phenoxy) is 1. The van der Waals surface area contributed by atoms with Gasteiger partial charge in [-0.2, -0.15) is 0 Å². The second-order valence-corrected chi connectivity index (χ2v) is 9.29. The van der Waals surface area contributed by atoms with Crippen molar-refractivity contribution in [2.45, 2.75) is 17.5 Å². The van der Waals surface area contributed by atoms with E-state index < -0.39 is 0 Å². The van der Waals surface area contributed by atoms with Crippen molar-refractivity contribution < 1.29 is 4.74 Å². The minimum absolute atomic E-state index is 0.320. The summed E-state index contributed by atoms with van der Waals surface area (Å²) < 4.78 is 5.76. The molecule has 0 atom stereocenters. The lowest BCUT2D eigenvalue weighted by molar-refractivity contribution is 0.305. The second kappa shape index (κ2) is 9.98. The maximum absolute atomic E-state index is 6.22. The van der Waals surface area contributed by atoms with Crippen LogP contribution in [0.15, 0.2) is 65.3 Å². The molecule has 0 fully saturated rings. The third kappa shape index (κ3) is 5.65. The van der Waals surface area contributed by atoms with E-state index in [0.29, 0.717) is 33.3 Å². The van der Waals surface area contributed by atoms with Gasteiger partial charge >= 0.3 is 0 Å². The molecule has 0 aliphatic rings.